The average Bonchev–Trinajstić information content (AvgIpc) is 2.73. The molecule has 6 nitrogen and oxygen atoms in total. The van der Waals surface area contributed by atoms with Crippen LogP contribution in [0.1, 0.15) is 28.8 Å². The number of amides is 2. The molecular formula is C22H26N2O4. The average molecular weight is 382 g/mol. The van der Waals surface area contributed by atoms with E-state index < -0.39 is 5.91 Å². The molecule has 0 atom stereocenters. The van der Waals surface area contributed by atoms with Crippen LogP contribution in [0.4, 0.5) is 0 Å². The van der Waals surface area contributed by atoms with Crippen LogP contribution in [0.15, 0.2) is 48.5 Å². The molecule has 2 aromatic rings. The second kappa shape index (κ2) is 9.26. The minimum absolute atomic E-state index is 0.0733. The van der Waals surface area contributed by atoms with Gasteiger partial charge in [0, 0.05) is 13.1 Å². The molecule has 0 saturated carbocycles. The Bertz CT molecular complexity index is 829. The fourth-order valence-corrected chi connectivity index (χ4v) is 3.61. The summed E-state index contributed by atoms with van der Waals surface area (Å²) in [5.74, 6) is 1.18. The maximum atomic E-state index is 12.9. The summed E-state index contributed by atoms with van der Waals surface area (Å²) in [4.78, 5) is 25.8. The summed E-state index contributed by atoms with van der Waals surface area (Å²) in [7, 11) is 1.69. The monoisotopic (exact) mass is 382 g/mol. The Labute approximate surface area is 165 Å². The Hall–Kier alpha value is -3.02. The van der Waals surface area contributed by atoms with Crippen molar-refractivity contribution in [2.24, 2.45) is 11.7 Å². The number of primary amides is 1. The number of ether oxygens (including phenoxy) is 2. The number of piperidine rings is 1. The number of hydrogen-bond donors (Lipinski definition) is 1. The van der Waals surface area contributed by atoms with Crippen LogP contribution < -0.4 is 15.2 Å². The summed E-state index contributed by atoms with van der Waals surface area (Å²) in [6.07, 6.45) is 2.83. The van der Waals surface area contributed by atoms with Gasteiger partial charge < -0.3 is 20.1 Å². The lowest BCUT2D eigenvalue weighted by atomic mass is 9.89. The van der Waals surface area contributed by atoms with Gasteiger partial charge in [-0.15, -0.1) is 0 Å². The van der Waals surface area contributed by atoms with Gasteiger partial charge in [-0.05, 0) is 48.9 Å². The van der Waals surface area contributed by atoms with Crippen LogP contribution in [0.3, 0.4) is 0 Å². The van der Waals surface area contributed by atoms with Crippen LogP contribution in [-0.2, 0) is 11.2 Å². The highest BCUT2D eigenvalue weighted by Crippen LogP contribution is 2.28. The van der Waals surface area contributed by atoms with Gasteiger partial charge in [0.15, 0.2) is 6.61 Å². The lowest BCUT2D eigenvalue weighted by Crippen LogP contribution is -2.39. The number of nitrogens with two attached hydrogens (primary N) is 1. The molecule has 1 fully saturated rings. The van der Waals surface area contributed by atoms with Crippen molar-refractivity contribution >= 4 is 11.8 Å². The SMILES string of the molecule is COc1ccccc1CC1CCN(C(=O)c2ccccc2OCC(N)=O)CC1. The van der Waals surface area contributed by atoms with E-state index in [9.17, 15) is 9.59 Å². The number of nitrogens with zero attached hydrogens (tertiary/aromatic N) is 1. The molecule has 0 radical (unpaired) electrons. The number of likely N-dealkylation sites (tertiary alicyclic amines) is 1. The molecule has 148 valence electrons. The third-order valence-corrected chi connectivity index (χ3v) is 5.09. The largest absolute Gasteiger partial charge is 0.496 e. The van der Waals surface area contributed by atoms with Crippen LogP contribution in [0.2, 0.25) is 0 Å². The van der Waals surface area contributed by atoms with Crippen molar-refractivity contribution in [3.63, 3.8) is 0 Å². The maximum absolute atomic E-state index is 12.9. The van der Waals surface area contributed by atoms with Crippen molar-refractivity contribution in [3.05, 3.63) is 59.7 Å². The standard InChI is InChI=1S/C22H26N2O4/c1-27-19-8-4-2-6-17(19)14-16-10-12-24(13-11-16)22(26)18-7-3-5-9-20(18)28-15-21(23)25/h2-9,16H,10-15H2,1H3,(H2,23,25). The van der Waals surface area contributed by atoms with E-state index in [2.05, 4.69) is 6.07 Å². The van der Waals surface area contributed by atoms with Gasteiger partial charge in [-0.3, -0.25) is 9.59 Å². The number of methoxy groups -OCH3 is 1. The minimum Gasteiger partial charge on any atom is -0.496 e. The predicted molar refractivity (Wildman–Crippen MR) is 106 cm³/mol. The highest BCUT2D eigenvalue weighted by molar-refractivity contribution is 5.97. The fraction of sp³-hybridized carbons (Fsp3) is 0.364. The van der Waals surface area contributed by atoms with E-state index in [1.807, 2.05) is 23.1 Å². The summed E-state index contributed by atoms with van der Waals surface area (Å²) < 4.78 is 10.8. The van der Waals surface area contributed by atoms with Gasteiger partial charge in [0.05, 0.1) is 12.7 Å². The van der Waals surface area contributed by atoms with Crippen molar-refractivity contribution in [2.75, 3.05) is 26.8 Å². The van der Waals surface area contributed by atoms with Crippen molar-refractivity contribution < 1.29 is 19.1 Å². The van der Waals surface area contributed by atoms with Gasteiger partial charge in [0.2, 0.25) is 0 Å². The van der Waals surface area contributed by atoms with Crippen molar-refractivity contribution in [1.29, 1.82) is 0 Å². The third-order valence-electron chi connectivity index (χ3n) is 5.09. The van der Waals surface area contributed by atoms with Crippen molar-refractivity contribution in [2.45, 2.75) is 19.3 Å². The maximum Gasteiger partial charge on any atom is 0.257 e. The first kappa shape index (κ1) is 19.7. The number of carbonyl (C=O) groups excluding carboxylic acids is 2. The fourth-order valence-electron chi connectivity index (χ4n) is 3.61. The molecule has 0 unspecified atom stereocenters. The first-order valence-corrected chi connectivity index (χ1v) is 9.49. The van der Waals surface area contributed by atoms with Crippen LogP contribution in [0.25, 0.3) is 0 Å². The van der Waals surface area contributed by atoms with E-state index in [0.717, 1.165) is 25.0 Å². The van der Waals surface area contributed by atoms with Crippen LogP contribution in [0, 0.1) is 5.92 Å². The normalized spacial score (nSPS) is 14.5. The van der Waals surface area contributed by atoms with Gasteiger partial charge >= 0.3 is 0 Å². The molecule has 2 amide bonds. The summed E-state index contributed by atoms with van der Waals surface area (Å²) in [6, 6.07) is 15.1. The molecule has 6 heteroatoms. The van der Waals surface area contributed by atoms with E-state index in [1.54, 1.807) is 31.4 Å². The van der Waals surface area contributed by atoms with Crippen LogP contribution >= 0.6 is 0 Å². The first-order valence-electron chi connectivity index (χ1n) is 9.49. The van der Waals surface area contributed by atoms with E-state index in [1.165, 1.54) is 5.56 Å². The van der Waals surface area contributed by atoms with E-state index in [-0.39, 0.29) is 12.5 Å². The Kier molecular flexibility index (Phi) is 6.53. The highest BCUT2D eigenvalue weighted by atomic mass is 16.5. The van der Waals surface area contributed by atoms with Crippen molar-refractivity contribution in [3.8, 4) is 11.5 Å². The lowest BCUT2D eigenvalue weighted by molar-refractivity contribution is -0.119. The summed E-state index contributed by atoms with van der Waals surface area (Å²) in [6.45, 7) is 1.15. The molecule has 1 aliphatic heterocycles. The summed E-state index contributed by atoms with van der Waals surface area (Å²) in [5, 5.41) is 0. The Morgan fingerprint density at radius 3 is 2.36 bits per heavy atom. The molecule has 0 aliphatic carbocycles. The van der Waals surface area contributed by atoms with Gasteiger partial charge in [0.1, 0.15) is 11.5 Å². The van der Waals surface area contributed by atoms with Gasteiger partial charge in [0.25, 0.3) is 11.8 Å². The van der Waals surface area contributed by atoms with Crippen LogP contribution in [0.5, 0.6) is 11.5 Å². The lowest BCUT2D eigenvalue weighted by Gasteiger charge is -2.32. The molecule has 1 aliphatic rings. The van der Waals surface area contributed by atoms with E-state index in [4.69, 9.17) is 15.2 Å². The zero-order valence-electron chi connectivity index (χ0n) is 16.1. The van der Waals surface area contributed by atoms with Gasteiger partial charge in [-0.2, -0.15) is 0 Å². The van der Waals surface area contributed by atoms with E-state index in [0.29, 0.717) is 30.3 Å². The zero-order valence-corrected chi connectivity index (χ0v) is 16.1. The third kappa shape index (κ3) is 4.82. The quantitative estimate of drug-likeness (QED) is 0.798. The smallest absolute Gasteiger partial charge is 0.257 e. The predicted octanol–water partition coefficient (Wildman–Crippen LogP) is 2.65. The highest BCUT2D eigenvalue weighted by Gasteiger charge is 2.26. The van der Waals surface area contributed by atoms with Gasteiger partial charge in [-0.1, -0.05) is 30.3 Å². The number of para-hydroxylation sites is 2. The number of carbonyl (C=O) groups is 2. The molecule has 0 spiro atoms. The Balaban J connectivity index is 1.60. The number of hydrogen-bond acceptors (Lipinski definition) is 4. The molecule has 1 heterocycles. The molecule has 2 N–H and O–H groups in total. The molecule has 2 aromatic carbocycles. The second-order valence-electron chi connectivity index (χ2n) is 7.00. The molecule has 28 heavy (non-hydrogen) atoms. The second-order valence-corrected chi connectivity index (χ2v) is 7.00. The Morgan fingerprint density at radius 1 is 1.04 bits per heavy atom. The van der Waals surface area contributed by atoms with Crippen LogP contribution in [-0.4, -0.2) is 43.5 Å². The van der Waals surface area contributed by atoms with Gasteiger partial charge in [-0.25, -0.2) is 0 Å². The molecular weight excluding hydrogens is 356 g/mol. The minimum atomic E-state index is -0.570. The topological polar surface area (TPSA) is 81.9 Å². The zero-order chi connectivity index (χ0) is 19.9. The molecule has 0 aromatic heterocycles. The number of benzene rings is 2. The molecule has 1 saturated heterocycles. The van der Waals surface area contributed by atoms with E-state index >= 15 is 0 Å². The molecule has 3 rings (SSSR count). The first-order chi connectivity index (χ1) is 13.6. The number of rotatable bonds is 7. The summed E-state index contributed by atoms with van der Waals surface area (Å²) in [5.41, 5.74) is 6.81. The summed E-state index contributed by atoms with van der Waals surface area (Å²) >= 11 is 0. The Morgan fingerprint density at radius 2 is 1.68 bits per heavy atom. The van der Waals surface area contributed by atoms with Crippen molar-refractivity contribution in [1.82, 2.24) is 4.90 Å². The molecule has 0 bridgehead atoms.